The summed E-state index contributed by atoms with van der Waals surface area (Å²) in [4.78, 5) is 6.65. The first-order valence-electron chi connectivity index (χ1n) is 6.87. The summed E-state index contributed by atoms with van der Waals surface area (Å²) in [5, 5.41) is 6.47. The Morgan fingerprint density at radius 1 is 1.37 bits per heavy atom. The van der Waals surface area contributed by atoms with Gasteiger partial charge in [-0.05, 0) is 17.9 Å². The molecule has 6 N–H and O–H groups in total. The first-order chi connectivity index (χ1) is 8.77. The molecule has 0 aliphatic carbocycles. The lowest BCUT2D eigenvalue weighted by Gasteiger charge is -2.38. The fraction of sp³-hybridized carbons (Fsp3) is 0.769. The smallest absolute Gasteiger partial charge is 0.196 e. The Morgan fingerprint density at radius 3 is 2.58 bits per heavy atom. The predicted molar refractivity (Wildman–Crippen MR) is 78.3 cm³/mol. The molecule has 2 heterocycles. The van der Waals surface area contributed by atoms with E-state index in [0.29, 0.717) is 5.96 Å². The molecule has 6 nitrogen and oxygen atoms in total. The third kappa shape index (κ3) is 3.84. The second kappa shape index (κ2) is 5.02. The summed E-state index contributed by atoms with van der Waals surface area (Å²) in [7, 11) is 0. The fourth-order valence-electron chi connectivity index (χ4n) is 2.70. The number of guanidine groups is 1. The summed E-state index contributed by atoms with van der Waals surface area (Å²) in [5.41, 5.74) is 11.7. The molecule has 2 aliphatic rings. The van der Waals surface area contributed by atoms with E-state index in [1.54, 1.807) is 0 Å². The van der Waals surface area contributed by atoms with Gasteiger partial charge in [-0.25, -0.2) is 4.99 Å². The van der Waals surface area contributed by atoms with Gasteiger partial charge in [0.05, 0.1) is 0 Å². The molecule has 0 amide bonds. The van der Waals surface area contributed by atoms with E-state index in [0.717, 1.165) is 38.4 Å². The van der Waals surface area contributed by atoms with E-state index >= 15 is 0 Å². The molecular weight excluding hydrogens is 240 g/mol. The minimum Gasteiger partial charge on any atom is -0.370 e. The van der Waals surface area contributed by atoms with Crippen LogP contribution in [0.4, 0.5) is 0 Å². The highest BCUT2D eigenvalue weighted by atomic mass is 15.3. The van der Waals surface area contributed by atoms with Crippen molar-refractivity contribution in [1.82, 2.24) is 15.5 Å². The molecule has 0 saturated carbocycles. The molecule has 1 atom stereocenters. The summed E-state index contributed by atoms with van der Waals surface area (Å²) >= 11 is 0. The third-order valence-corrected chi connectivity index (χ3v) is 3.24. The number of nitrogens with zero attached hydrogens (tertiary/aromatic N) is 2. The Labute approximate surface area is 115 Å². The largest absolute Gasteiger partial charge is 0.370 e. The highest BCUT2D eigenvalue weighted by Crippen LogP contribution is 2.29. The Balaban J connectivity index is 2.18. The van der Waals surface area contributed by atoms with E-state index in [1.165, 1.54) is 0 Å². The van der Waals surface area contributed by atoms with Crippen LogP contribution < -0.4 is 22.1 Å². The number of hydrogen-bond donors (Lipinski definition) is 4. The Hall–Kier alpha value is -1.27. The quantitative estimate of drug-likeness (QED) is 0.553. The summed E-state index contributed by atoms with van der Waals surface area (Å²) in [6, 6.07) is 0. The number of nitrogens with two attached hydrogens (primary N) is 2. The monoisotopic (exact) mass is 266 g/mol. The van der Waals surface area contributed by atoms with Gasteiger partial charge in [0.1, 0.15) is 11.5 Å². The molecule has 2 rings (SSSR count). The Kier molecular flexibility index (Phi) is 3.73. The van der Waals surface area contributed by atoms with Crippen LogP contribution in [0.5, 0.6) is 0 Å². The molecule has 1 saturated heterocycles. The van der Waals surface area contributed by atoms with Crippen LogP contribution in [0.25, 0.3) is 0 Å². The molecule has 0 aromatic carbocycles. The lowest BCUT2D eigenvalue weighted by atomic mass is 9.84. The molecule has 0 aromatic rings. The van der Waals surface area contributed by atoms with Crippen molar-refractivity contribution < 1.29 is 0 Å². The van der Waals surface area contributed by atoms with Crippen LogP contribution >= 0.6 is 0 Å². The highest BCUT2D eigenvalue weighted by molar-refractivity contribution is 5.81. The van der Waals surface area contributed by atoms with Crippen molar-refractivity contribution >= 4 is 5.96 Å². The lowest BCUT2D eigenvalue weighted by Crippen LogP contribution is -2.54. The number of piperazine rings is 1. The van der Waals surface area contributed by atoms with E-state index in [4.69, 9.17) is 11.5 Å². The van der Waals surface area contributed by atoms with Crippen LogP contribution in [0.2, 0.25) is 0 Å². The van der Waals surface area contributed by atoms with E-state index < -0.39 is 5.66 Å². The summed E-state index contributed by atoms with van der Waals surface area (Å²) < 4.78 is 0. The standard InChI is InChI=1S/C13H26N6/c1-12(2,3)9-13(15)8-10(17-11(14)18-13)19-6-4-16-5-7-19/h8,16H,4-7,9,15H2,1-3H3,(H3,14,17,18). The normalized spacial score (nSPS) is 28.5. The molecular formula is C13H26N6. The average molecular weight is 266 g/mol. The van der Waals surface area contributed by atoms with E-state index in [9.17, 15) is 0 Å². The van der Waals surface area contributed by atoms with Gasteiger partial charge in [0, 0.05) is 26.2 Å². The van der Waals surface area contributed by atoms with Gasteiger partial charge < -0.3 is 27.0 Å². The maximum Gasteiger partial charge on any atom is 0.196 e. The molecule has 0 radical (unpaired) electrons. The number of aliphatic imine (C=N–C) groups is 1. The van der Waals surface area contributed by atoms with Crippen molar-refractivity contribution in [2.24, 2.45) is 21.9 Å². The molecule has 0 aromatic heterocycles. The van der Waals surface area contributed by atoms with E-state index in [1.807, 2.05) is 6.08 Å². The second-order valence-electron chi connectivity index (χ2n) is 6.62. The zero-order valence-electron chi connectivity index (χ0n) is 12.2. The van der Waals surface area contributed by atoms with Gasteiger partial charge in [0.15, 0.2) is 5.96 Å². The minimum atomic E-state index is -0.714. The number of nitrogens with one attached hydrogen (secondary N) is 2. The fourth-order valence-corrected chi connectivity index (χ4v) is 2.70. The Bertz CT molecular complexity index is 388. The maximum atomic E-state index is 6.41. The van der Waals surface area contributed by atoms with Crippen molar-refractivity contribution in [3.8, 4) is 0 Å². The predicted octanol–water partition coefficient (Wildman–Crippen LogP) is -0.258. The van der Waals surface area contributed by atoms with Gasteiger partial charge in [0.2, 0.25) is 0 Å². The van der Waals surface area contributed by atoms with Crippen LogP contribution in [-0.4, -0.2) is 42.7 Å². The van der Waals surface area contributed by atoms with E-state index in [-0.39, 0.29) is 5.41 Å². The lowest BCUT2D eigenvalue weighted by molar-refractivity contribution is 0.264. The molecule has 1 unspecified atom stereocenters. The van der Waals surface area contributed by atoms with Crippen LogP contribution in [0, 0.1) is 5.41 Å². The number of hydrogen-bond acceptors (Lipinski definition) is 6. The van der Waals surface area contributed by atoms with Crippen molar-refractivity contribution in [1.29, 1.82) is 0 Å². The molecule has 0 spiro atoms. The number of rotatable bonds is 2. The van der Waals surface area contributed by atoms with Crippen molar-refractivity contribution in [3.05, 3.63) is 11.9 Å². The van der Waals surface area contributed by atoms with Crippen molar-refractivity contribution in [2.45, 2.75) is 32.9 Å². The van der Waals surface area contributed by atoms with Gasteiger partial charge in [-0.1, -0.05) is 20.8 Å². The van der Waals surface area contributed by atoms with Crippen LogP contribution in [0.15, 0.2) is 16.9 Å². The van der Waals surface area contributed by atoms with Gasteiger partial charge in [-0.15, -0.1) is 0 Å². The first kappa shape index (κ1) is 14.1. The molecule has 108 valence electrons. The second-order valence-corrected chi connectivity index (χ2v) is 6.62. The summed E-state index contributed by atoms with van der Waals surface area (Å²) in [6.07, 6.45) is 2.78. The molecule has 0 bridgehead atoms. The van der Waals surface area contributed by atoms with Crippen LogP contribution in [-0.2, 0) is 0 Å². The SMILES string of the molecule is CC(C)(C)CC1(N)C=C(N2CCNCC2)NC(N)=N1. The van der Waals surface area contributed by atoms with Crippen LogP contribution in [0.3, 0.4) is 0 Å². The van der Waals surface area contributed by atoms with Crippen LogP contribution in [0.1, 0.15) is 27.2 Å². The summed E-state index contributed by atoms with van der Waals surface area (Å²) in [6.45, 7) is 10.4. The topological polar surface area (TPSA) is 91.7 Å². The van der Waals surface area contributed by atoms with Crippen molar-refractivity contribution in [2.75, 3.05) is 26.2 Å². The molecule has 6 heteroatoms. The molecule has 2 aliphatic heterocycles. The first-order valence-corrected chi connectivity index (χ1v) is 6.87. The molecule has 19 heavy (non-hydrogen) atoms. The minimum absolute atomic E-state index is 0.0981. The zero-order valence-corrected chi connectivity index (χ0v) is 12.2. The highest BCUT2D eigenvalue weighted by Gasteiger charge is 2.33. The summed E-state index contributed by atoms with van der Waals surface area (Å²) in [5.74, 6) is 1.39. The van der Waals surface area contributed by atoms with Gasteiger partial charge >= 0.3 is 0 Å². The van der Waals surface area contributed by atoms with Gasteiger partial charge in [-0.2, -0.15) is 0 Å². The van der Waals surface area contributed by atoms with Gasteiger partial charge in [-0.3, -0.25) is 0 Å². The maximum absolute atomic E-state index is 6.41. The van der Waals surface area contributed by atoms with E-state index in [2.05, 4.69) is 41.3 Å². The third-order valence-electron chi connectivity index (χ3n) is 3.24. The average Bonchev–Trinajstić information content (AvgIpc) is 2.25. The van der Waals surface area contributed by atoms with Gasteiger partial charge in [0.25, 0.3) is 0 Å². The van der Waals surface area contributed by atoms with Crippen molar-refractivity contribution in [3.63, 3.8) is 0 Å². The zero-order chi connectivity index (χ0) is 14.1. The molecule has 1 fully saturated rings. The Morgan fingerprint density at radius 2 is 2.00 bits per heavy atom.